The molecule has 0 fully saturated rings. The Kier molecular flexibility index (Phi) is 4.76. The maximum Gasteiger partial charge on any atom is 0.255 e. The summed E-state index contributed by atoms with van der Waals surface area (Å²) in [6.07, 6.45) is 0. The Hall–Kier alpha value is -1.71. The highest BCUT2D eigenvalue weighted by Crippen LogP contribution is 2.29. The molecule has 0 aliphatic carbocycles. The molecule has 21 heavy (non-hydrogen) atoms. The molecule has 0 atom stereocenters. The third-order valence-electron chi connectivity index (χ3n) is 3.25. The molecule has 2 aromatic rings. The summed E-state index contributed by atoms with van der Waals surface area (Å²) >= 11 is 12.2. The average molecular weight is 323 g/mol. The van der Waals surface area contributed by atoms with Crippen molar-refractivity contribution in [2.75, 3.05) is 17.7 Å². The van der Waals surface area contributed by atoms with Crippen LogP contribution >= 0.6 is 23.2 Å². The van der Waals surface area contributed by atoms with E-state index in [0.717, 1.165) is 16.8 Å². The summed E-state index contributed by atoms with van der Waals surface area (Å²) in [4.78, 5) is 12.3. The number of hydrogen-bond donors (Lipinski definition) is 2. The van der Waals surface area contributed by atoms with Crippen molar-refractivity contribution < 1.29 is 4.79 Å². The zero-order valence-corrected chi connectivity index (χ0v) is 13.6. The minimum Gasteiger partial charge on any atom is -0.388 e. The zero-order valence-electron chi connectivity index (χ0n) is 12.1. The fraction of sp³-hybridized carbons (Fsp3) is 0.188. The van der Waals surface area contributed by atoms with Gasteiger partial charge in [-0.05, 0) is 55.3 Å². The van der Waals surface area contributed by atoms with Crippen molar-refractivity contribution in [1.29, 1.82) is 0 Å². The van der Waals surface area contributed by atoms with E-state index in [9.17, 15) is 4.79 Å². The molecule has 3 nitrogen and oxygen atoms in total. The summed E-state index contributed by atoms with van der Waals surface area (Å²) in [7, 11) is 1.84. The van der Waals surface area contributed by atoms with E-state index in [2.05, 4.69) is 10.6 Å². The second-order valence-electron chi connectivity index (χ2n) is 4.82. The number of halogens is 2. The van der Waals surface area contributed by atoms with Crippen LogP contribution in [0.3, 0.4) is 0 Å². The van der Waals surface area contributed by atoms with Gasteiger partial charge in [-0.15, -0.1) is 0 Å². The number of aryl methyl sites for hydroxylation is 2. The van der Waals surface area contributed by atoms with Gasteiger partial charge in [0.25, 0.3) is 5.91 Å². The van der Waals surface area contributed by atoms with Gasteiger partial charge in [-0.1, -0.05) is 23.2 Å². The Labute approximate surface area is 134 Å². The third-order valence-corrected chi connectivity index (χ3v) is 3.97. The lowest BCUT2D eigenvalue weighted by Crippen LogP contribution is -2.12. The molecule has 110 valence electrons. The molecule has 0 spiro atoms. The Morgan fingerprint density at radius 1 is 0.952 bits per heavy atom. The van der Waals surface area contributed by atoms with Gasteiger partial charge in [0, 0.05) is 23.3 Å². The van der Waals surface area contributed by atoms with Gasteiger partial charge in [0.2, 0.25) is 0 Å². The smallest absolute Gasteiger partial charge is 0.255 e. The molecule has 2 rings (SSSR count). The second-order valence-corrected chi connectivity index (χ2v) is 5.63. The number of hydrogen-bond acceptors (Lipinski definition) is 2. The van der Waals surface area contributed by atoms with Crippen molar-refractivity contribution in [1.82, 2.24) is 0 Å². The summed E-state index contributed by atoms with van der Waals surface area (Å²) in [5.41, 5.74) is 3.93. The quantitative estimate of drug-likeness (QED) is 0.843. The number of amides is 1. The van der Waals surface area contributed by atoms with Crippen molar-refractivity contribution in [3.63, 3.8) is 0 Å². The molecule has 0 aromatic heterocycles. The van der Waals surface area contributed by atoms with Crippen molar-refractivity contribution in [2.24, 2.45) is 0 Å². The monoisotopic (exact) mass is 322 g/mol. The summed E-state index contributed by atoms with van der Waals surface area (Å²) in [6, 6.07) is 8.84. The predicted octanol–water partition coefficient (Wildman–Crippen LogP) is 4.90. The molecule has 2 N–H and O–H groups in total. The first-order chi connectivity index (χ1) is 9.92. The maximum absolute atomic E-state index is 12.3. The normalized spacial score (nSPS) is 10.3. The zero-order chi connectivity index (χ0) is 15.6. The molecule has 5 heteroatoms. The van der Waals surface area contributed by atoms with Gasteiger partial charge < -0.3 is 10.6 Å². The largest absolute Gasteiger partial charge is 0.388 e. The van der Waals surface area contributed by atoms with Gasteiger partial charge in [-0.3, -0.25) is 4.79 Å². The molecule has 0 saturated carbocycles. The molecule has 2 aromatic carbocycles. The summed E-state index contributed by atoms with van der Waals surface area (Å²) in [6.45, 7) is 3.80. The van der Waals surface area contributed by atoms with E-state index in [4.69, 9.17) is 23.2 Å². The van der Waals surface area contributed by atoms with Crippen LogP contribution in [0.4, 0.5) is 11.4 Å². The number of nitrogens with one attached hydrogen (secondary N) is 2. The Morgan fingerprint density at radius 3 is 2.29 bits per heavy atom. The van der Waals surface area contributed by atoms with E-state index in [0.29, 0.717) is 21.3 Å². The molecule has 0 unspecified atom stereocenters. The van der Waals surface area contributed by atoms with Crippen LogP contribution < -0.4 is 10.6 Å². The van der Waals surface area contributed by atoms with E-state index in [1.165, 1.54) is 0 Å². The Morgan fingerprint density at radius 2 is 1.67 bits per heavy atom. The van der Waals surface area contributed by atoms with Crippen LogP contribution in [0.15, 0.2) is 30.3 Å². The lowest BCUT2D eigenvalue weighted by molar-refractivity contribution is 0.102. The summed E-state index contributed by atoms with van der Waals surface area (Å²) in [5.74, 6) is -0.220. The van der Waals surface area contributed by atoms with Crippen LogP contribution in [0, 0.1) is 13.8 Å². The van der Waals surface area contributed by atoms with Gasteiger partial charge in [-0.25, -0.2) is 0 Å². The molecule has 1 amide bonds. The first-order valence-electron chi connectivity index (χ1n) is 6.47. The summed E-state index contributed by atoms with van der Waals surface area (Å²) < 4.78 is 0. The minimum absolute atomic E-state index is 0.220. The first-order valence-corrected chi connectivity index (χ1v) is 7.23. The highest BCUT2D eigenvalue weighted by atomic mass is 35.5. The third kappa shape index (κ3) is 3.49. The van der Waals surface area contributed by atoms with Crippen molar-refractivity contribution in [3.8, 4) is 0 Å². The first kappa shape index (κ1) is 15.7. The number of carbonyl (C=O) groups excluding carboxylic acids is 1. The van der Waals surface area contributed by atoms with Crippen LogP contribution in [0.5, 0.6) is 0 Å². The lowest BCUT2D eigenvalue weighted by atomic mass is 10.1. The standard InChI is InChI=1S/C16H16Cl2N2O/c1-9-7-13(18)15(8-12(9)17)20-16(21)11-4-5-14(19-3)10(2)6-11/h4-8,19H,1-3H3,(H,20,21). The van der Waals surface area contributed by atoms with Gasteiger partial charge in [-0.2, -0.15) is 0 Å². The minimum atomic E-state index is -0.220. The van der Waals surface area contributed by atoms with Gasteiger partial charge in [0.1, 0.15) is 0 Å². The summed E-state index contributed by atoms with van der Waals surface area (Å²) in [5, 5.41) is 6.88. The van der Waals surface area contributed by atoms with Crippen LogP contribution in [0.2, 0.25) is 10.0 Å². The molecule has 0 aliphatic heterocycles. The molecular formula is C16H16Cl2N2O. The molecule has 0 saturated heterocycles. The number of carbonyl (C=O) groups is 1. The van der Waals surface area contributed by atoms with Gasteiger partial charge >= 0.3 is 0 Å². The number of benzene rings is 2. The number of rotatable bonds is 3. The van der Waals surface area contributed by atoms with Crippen molar-refractivity contribution >= 4 is 40.5 Å². The lowest BCUT2D eigenvalue weighted by Gasteiger charge is -2.11. The van der Waals surface area contributed by atoms with Crippen molar-refractivity contribution in [2.45, 2.75) is 13.8 Å². The van der Waals surface area contributed by atoms with Gasteiger partial charge in [0.05, 0.1) is 10.7 Å². The predicted molar refractivity (Wildman–Crippen MR) is 89.9 cm³/mol. The fourth-order valence-corrected chi connectivity index (χ4v) is 2.45. The van der Waals surface area contributed by atoms with Crippen LogP contribution in [-0.2, 0) is 0 Å². The van der Waals surface area contributed by atoms with E-state index in [-0.39, 0.29) is 5.91 Å². The maximum atomic E-state index is 12.3. The molecule has 0 radical (unpaired) electrons. The van der Waals surface area contributed by atoms with Crippen molar-refractivity contribution in [3.05, 3.63) is 57.1 Å². The Balaban J connectivity index is 2.26. The number of anilines is 2. The average Bonchev–Trinajstić information content (AvgIpc) is 2.44. The Bertz CT molecular complexity index is 699. The topological polar surface area (TPSA) is 41.1 Å². The molecular weight excluding hydrogens is 307 g/mol. The highest BCUT2D eigenvalue weighted by Gasteiger charge is 2.11. The highest BCUT2D eigenvalue weighted by molar-refractivity contribution is 6.36. The second kappa shape index (κ2) is 6.37. The van der Waals surface area contributed by atoms with Crippen LogP contribution in [0.25, 0.3) is 0 Å². The van der Waals surface area contributed by atoms with E-state index >= 15 is 0 Å². The van der Waals surface area contributed by atoms with Crippen LogP contribution in [-0.4, -0.2) is 13.0 Å². The SMILES string of the molecule is CNc1ccc(C(=O)Nc2cc(Cl)c(C)cc2Cl)cc1C. The molecule has 0 bridgehead atoms. The molecule has 0 heterocycles. The van der Waals surface area contributed by atoms with E-state index in [1.807, 2.05) is 33.0 Å². The van der Waals surface area contributed by atoms with E-state index in [1.54, 1.807) is 18.2 Å². The fourth-order valence-electron chi connectivity index (χ4n) is 2.02. The van der Waals surface area contributed by atoms with Crippen LogP contribution in [0.1, 0.15) is 21.5 Å². The molecule has 0 aliphatic rings. The van der Waals surface area contributed by atoms with E-state index < -0.39 is 0 Å². The van der Waals surface area contributed by atoms with Gasteiger partial charge in [0.15, 0.2) is 0 Å².